The summed E-state index contributed by atoms with van der Waals surface area (Å²) in [6.45, 7) is 3.53. The number of hydrogen-bond acceptors (Lipinski definition) is 3. The van der Waals surface area contributed by atoms with Crippen LogP contribution < -0.4 is 4.90 Å². The second-order valence-corrected chi connectivity index (χ2v) is 7.05. The third-order valence-electron chi connectivity index (χ3n) is 4.91. The fraction of sp³-hybridized carbons (Fsp3) is 0.316. The third kappa shape index (κ3) is 3.75. The van der Waals surface area contributed by atoms with Crippen LogP contribution in [-0.4, -0.2) is 41.3 Å². The molecule has 1 N–H and O–H groups in total. The first kappa shape index (κ1) is 18.1. The fourth-order valence-corrected chi connectivity index (χ4v) is 3.65. The van der Waals surface area contributed by atoms with Gasteiger partial charge in [0.15, 0.2) is 0 Å². The van der Waals surface area contributed by atoms with Gasteiger partial charge in [-0.1, -0.05) is 29.8 Å². The number of benzene rings is 2. The van der Waals surface area contributed by atoms with Crippen LogP contribution in [0.2, 0.25) is 5.02 Å². The zero-order chi connectivity index (χ0) is 19.0. The molecule has 2 aromatic carbocycles. The smallest absolute Gasteiger partial charge is 0.369 e. The molecule has 0 aliphatic carbocycles. The zero-order valence-electron chi connectivity index (χ0n) is 14.4. The molecule has 0 radical (unpaired) electrons. The number of fused-ring (bicyclic) bond motifs is 1. The molecule has 1 aliphatic heterocycles. The van der Waals surface area contributed by atoms with Crippen molar-refractivity contribution in [1.82, 2.24) is 15.1 Å². The van der Waals surface area contributed by atoms with Crippen LogP contribution in [0.3, 0.4) is 0 Å². The van der Waals surface area contributed by atoms with Gasteiger partial charge in [-0.25, -0.2) is 0 Å². The zero-order valence-corrected chi connectivity index (χ0v) is 15.2. The first-order valence-corrected chi connectivity index (χ1v) is 9.05. The lowest BCUT2D eigenvalue weighted by Gasteiger charge is -2.36. The summed E-state index contributed by atoms with van der Waals surface area (Å²) in [6, 6.07) is 11.2. The molecule has 4 rings (SSSR count). The summed E-state index contributed by atoms with van der Waals surface area (Å²) in [5.74, 6) is 0. The van der Waals surface area contributed by atoms with Gasteiger partial charge < -0.3 is 4.90 Å². The second kappa shape index (κ2) is 7.05. The SMILES string of the molecule is FC(F)(F)c1cccc(N2CCN(Cc3n[nH]c4c(Cl)cccc34)CC2)c1. The molecule has 1 aliphatic rings. The van der Waals surface area contributed by atoms with Gasteiger partial charge in [-0.3, -0.25) is 10.00 Å². The molecule has 2 heterocycles. The molecule has 27 heavy (non-hydrogen) atoms. The van der Waals surface area contributed by atoms with Crippen LogP contribution in [-0.2, 0) is 12.7 Å². The van der Waals surface area contributed by atoms with Crippen LogP contribution in [0.25, 0.3) is 10.9 Å². The predicted molar refractivity (Wildman–Crippen MR) is 100 cm³/mol. The topological polar surface area (TPSA) is 35.2 Å². The van der Waals surface area contributed by atoms with Gasteiger partial charge in [-0.05, 0) is 24.3 Å². The molecule has 0 amide bonds. The highest BCUT2D eigenvalue weighted by Crippen LogP contribution is 2.32. The van der Waals surface area contributed by atoms with E-state index in [1.165, 1.54) is 12.1 Å². The predicted octanol–water partition coefficient (Wildman–Crippen LogP) is 4.56. The van der Waals surface area contributed by atoms with E-state index in [4.69, 9.17) is 11.6 Å². The number of hydrogen-bond donors (Lipinski definition) is 1. The van der Waals surface area contributed by atoms with Crippen LogP contribution in [0.1, 0.15) is 11.3 Å². The molecule has 0 bridgehead atoms. The fourth-order valence-electron chi connectivity index (χ4n) is 3.44. The Balaban J connectivity index is 1.43. The van der Waals surface area contributed by atoms with Crippen molar-refractivity contribution >= 4 is 28.2 Å². The van der Waals surface area contributed by atoms with Crippen molar-refractivity contribution in [2.24, 2.45) is 0 Å². The molecule has 3 aromatic rings. The highest BCUT2D eigenvalue weighted by Gasteiger charge is 2.31. The van der Waals surface area contributed by atoms with Crippen LogP contribution in [0, 0.1) is 0 Å². The lowest BCUT2D eigenvalue weighted by atomic mass is 10.1. The van der Waals surface area contributed by atoms with Gasteiger partial charge in [0.2, 0.25) is 0 Å². The molecule has 0 saturated carbocycles. The van der Waals surface area contributed by atoms with Crippen molar-refractivity contribution in [1.29, 1.82) is 0 Å². The van der Waals surface area contributed by atoms with Gasteiger partial charge in [-0.2, -0.15) is 18.3 Å². The van der Waals surface area contributed by atoms with E-state index in [2.05, 4.69) is 15.1 Å². The Kier molecular flexibility index (Phi) is 4.74. The minimum Gasteiger partial charge on any atom is -0.369 e. The van der Waals surface area contributed by atoms with E-state index in [1.54, 1.807) is 6.07 Å². The molecule has 1 fully saturated rings. The van der Waals surface area contributed by atoms with E-state index in [1.807, 2.05) is 23.1 Å². The number of rotatable bonds is 3. The third-order valence-corrected chi connectivity index (χ3v) is 5.23. The highest BCUT2D eigenvalue weighted by atomic mass is 35.5. The van der Waals surface area contributed by atoms with Crippen LogP contribution in [0.4, 0.5) is 18.9 Å². The largest absolute Gasteiger partial charge is 0.416 e. The molecule has 1 aromatic heterocycles. The van der Waals surface area contributed by atoms with Gasteiger partial charge in [0.1, 0.15) is 0 Å². The average Bonchev–Trinajstić information content (AvgIpc) is 3.06. The lowest BCUT2D eigenvalue weighted by molar-refractivity contribution is -0.137. The number of H-pyrrole nitrogens is 1. The Hall–Kier alpha value is -2.25. The van der Waals surface area contributed by atoms with E-state index in [-0.39, 0.29) is 0 Å². The summed E-state index contributed by atoms with van der Waals surface area (Å²) in [5.41, 5.74) is 1.76. The van der Waals surface area contributed by atoms with Crippen molar-refractivity contribution in [3.05, 3.63) is 58.7 Å². The first-order chi connectivity index (χ1) is 12.9. The van der Waals surface area contributed by atoms with Gasteiger partial charge >= 0.3 is 6.18 Å². The van der Waals surface area contributed by atoms with E-state index in [0.29, 0.717) is 30.3 Å². The molecule has 1 saturated heterocycles. The second-order valence-electron chi connectivity index (χ2n) is 6.64. The summed E-state index contributed by atoms with van der Waals surface area (Å²) < 4.78 is 38.8. The monoisotopic (exact) mass is 394 g/mol. The van der Waals surface area contributed by atoms with Crippen LogP contribution >= 0.6 is 11.6 Å². The van der Waals surface area contributed by atoms with Gasteiger partial charge in [0.25, 0.3) is 0 Å². The van der Waals surface area contributed by atoms with Crippen molar-refractivity contribution in [3.63, 3.8) is 0 Å². The molecular weight excluding hydrogens is 377 g/mol. The lowest BCUT2D eigenvalue weighted by Crippen LogP contribution is -2.46. The summed E-state index contributed by atoms with van der Waals surface area (Å²) >= 11 is 6.17. The van der Waals surface area contributed by atoms with Crippen molar-refractivity contribution in [2.75, 3.05) is 31.1 Å². The van der Waals surface area contributed by atoms with Gasteiger partial charge in [0, 0.05) is 43.8 Å². The van der Waals surface area contributed by atoms with Gasteiger partial charge in [0.05, 0.1) is 21.8 Å². The van der Waals surface area contributed by atoms with E-state index in [9.17, 15) is 13.2 Å². The Bertz CT molecular complexity index is 946. The Labute approximate surface area is 159 Å². The molecular formula is C19H18ClF3N4. The van der Waals surface area contributed by atoms with Crippen LogP contribution in [0.5, 0.6) is 0 Å². The number of nitrogens with zero attached hydrogens (tertiary/aromatic N) is 3. The first-order valence-electron chi connectivity index (χ1n) is 8.68. The van der Waals surface area contributed by atoms with Crippen molar-refractivity contribution in [3.8, 4) is 0 Å². The molecule has 0 spiro atoms. The summed E-state index contributed by atoms with van der Waals surface area (Å²) in [4.78, 5) is 4.24. The molecule has 8 heteroatoms. The average molecular weight is 395 g/mol. The summed E-state index contributed by atoms with van der Waals surface area (Å²) in [7, 11) is 0. The van der Waals surface area contributed by atoms with Gasteiger partial charge in [-0.15, -0.1) is 0 Å². The Morgan fingerprint density at radius 1 is 1.04 bits per heavy atom. The minimum atomic E-state index is -4.32. The quantitative estimate of drug-likeness (QED) is 0.707. The number of para-hydroxylation sites is 1. The van der Waals surface area contributed by atoms with Crippen molar-refractivity contribution in [2.45, 2.75) is 12.7 Å². The van der Waals surface area contributed by atoms with Crippen molar-refractivity contribution < 1.29 is 13.2 Å². The summed E-state index contributed by atoms with van der Waals surface area (Å²) in [6.07, 6.45) is -4.32. The molecule has 0 atom stereocenters. The van der Waals surface area contributed by atoms with Crippen LogP contribution in [0.15, 0.2) is 42.5 Å². The van der Waals surface area contributed by atoms with E-state index < -0.39 is 11.7 Å². The highest BCUT2D eigenvalue weighted by molar-refractivity contribution is 6.35. The number of halogens is 4. The number of nitrogens with one attached hydrogen (secondary N) is 1. The normalized spacial score (nSPS) is 16.2. The number of aromatic amines is 1. The summed E-state index contributed by atoms with van der Waals surface area (Å²) in [5, 5.41) is 8.99. The number of aromatic nitrogens is 2. The Morgan fingerprint density at radius 2 is 1.78 bits per heavy atom. The van der Waals surface area contributed by atoms with E-state index in [0.717, 1.165) is 35.8 Å². The minimum absolute atomic E-state index is 0.609. The number of alkyl halides is 3. The molecule has 142 valence electrons. The Morgan fingerprint density at radius 3 is 2.52 bits per heavy atom. The maximum atomic E-state index is 12.9. The maximum Gasteiger partial charge on any atom is 0.416 e. The number of piperazine rings is 1. The number of anilines is 1. The molecule has 4 nitrogen and oxygen atoms in total. The standard InChI is InChI=1S/C19H18ClF3N4/c20-16-6-2-5-15-17(24-25-18(15)16)12-26-7-9-27(10-8-26)14-4-1-3-13(11-14)19(21,22)23/h1-6,11H,7-10,12H2,(H,24,25). The van der Waals surface area contributed by atoms with E-state index >= 15 is 0 Å². The maximum absolute atomic E-state index is 12.9. The molecule has 0 unspecified atom stereocenters.